The van der Waals surface area contributed by atoms with Crippen LogP contribution in [0.3, 0.4) is 0 Å². The summed E-state index contributed by atoms with van der Waals surface area (Å²) < 4.78 is 16.8. The van der Waals surface area contributed by atoms with Crippen LogP contribution in [0.15, 0.2) is 36.5 Å². The Bertz CT molecular complexity index is 1020. The summed E-state index contributed by atoms with van der Waals surface area (Å²) >= 11 is 0. The van der Waals surface area contributed by atoms with Crippen LogP contribution in [0.2, 0.25) is 0 Å². The number of unbranched alkanes of at least 4 members (excludes halogenated alkanes) is 30. The summed E-state index contributed by atoms with van der Waals surface area (Å²) in [5.74, 6) is -0.879. The molecule has 0 bridgehead atoms. The van der Waals surface area contributed by atoms with Crippen molar-refractivity contribution in [1.29, 1.82) is 0 Å². The van der Waals surface area contributed by atoms with Crippen LogP contribution in [0.5, 0.6) is 0 Å². The highest BCUT2D eigenvalue weighted by atomic mass is 16.6. The molecule has 0 fully saturated rings. The summed E-state index contributed by atoms with van der Waals surface area (Å²) in [7, 11) is 0. The average molecular weight is 843 g/mol. The second-order valence-corrected chi connectivity index (χ2v) is 17.4. The Morgan fingerprint density at radius 3 is 0.967 bits per heavy atom. The van der Waals surface area contributed by atoms with Crippen molar-refractivity contribution < 1.29 is 28.6 Å². The monoisotopic (exact) mass is 843 g/mol. The van der Waals surface area contributed by atoms with Gasteiger partial charge in [-0.3, -0.25) is 14.4 Å². The van der Waals surface area contributed by atoms with Gasteiger partial charge in [0.25, 0.3) is 0 Å². The molecule has 0 aliphatic heterocycles. The van der Waals surface area contributed by atoms with Crippen molar-refractivity contribution >= 4 is 17.9 Å². The third-order valence-electron chi connectivity index (χ3n) is 11.4. The predicted molar refractivity (Wildman–Crippen MR) is 256 cm³/mol. The van der Waals surface area contributed by atoms with E-state index in [1.54, 1.807) is 0 Å². The molecule has 60 heavy (non-hydrogen) atoms. The van der Waals surface area contributed by atoms with Crippen molar-refractivity contribution in [2.24, 2.45) is 0 Å². The number of carbonyl (C=O) groups is 3. The van der Waals surface area contributed by atoms with E-state index in [1.165, 1.54) is 154 Å². The molecule has 6 heteroatoms. The number of allylic oxidation sites excluding steroid dienone is 6. The largest absolute Gasteiger partial charge is 0.462 e. The summed E-state index contributed by atoms with van der Waals surface area (Å²) in [6, 6.07) is 0. The third-order valence-corrected chi connectivity index (χ3v) is 11.4. The molecule has 0 saturated carbocycles. The maximum Gasteiger partial charge on any atom is 0.306 e. The van der Waals surface area contributed by atoms with Crippen molar-refractivity contribution in [2.75, 3.05) is 13.2 Å². The molecule has 0 aliphatic rings. The molecule has 0 amide bonds. The van der Waals surface area contributed by atoms with Gasteiger partial charge in [0.1, 0.15) is 13.2 Å². The fourth-order valence-corrected chi connectivity index (χ4v) is 7.41. The molecule has 0 unspecified atom stereocenters. The van der Waals surface area contributed by atoms with Crippen LogP contribution in [0.1, 0.15) is 271 Å². The van der Waals surface area contributed by atoms with Crippen LogP contribution >= 0.6 is 0 Å². The first-order chi connectivity index (χ1) is 29.5. The Morgan fingerprint density at radius 1 is 0.333 bits per heavy atom. The van der Waals surface area contributed by atoms with Gasteiger partial charge < -0.3 is 14.2 Å². The highest BCUT2D eigenvalue weighted by Crippen LogP contribution is 2.15. The first-order valence-corrected chi connectivity index (χ1v) is 26.0. The zero-order valence-corrected chi connectivity index (χ0v) is 40.0. The Balaban J connectivity index is 4.30. The average Bonchev–Trinajstić information content (AvgIpc) is 3.24. The smallest absolute Gasteiger partial charge is 0.306 e. The highest BCUT2D eigenvalue weighted by molar-refractivity contribution is 5.71. The Labute approximate surface area is 372 Å². The van der Waals surface area contributed by atoms with E-state index in [2.05, 4.69) is 57.2 Å². The molecule has 0 rings (SSSR count). The van der Waals surface area contributed by atoms with E-state index in [4.69, 9.17) is 14.2 Å². The SMILES string of the molecule is CCCCC/C=C\C/C=C\CCCCCCCCCCCC(=O)OC[C@@H](COC(=O)CCCCCCCCCCCCC)OC(=O)CCCCCCC/C=C\CCCCC. The predicted octanol–water partition coefficient (Wildman–Crippen LogP) is 16.9. The molecule has 0 aromatic rings. The minimum Gasteiger partial charge on any atom is -0.462 e. The van der Waals surface area contributed by atoms with Crippen molar-refractivity contribution in [3.05, 3.63) is 36.5 Å². The molecule has 0 heterocycles. The maximum absolute atomic E-state index is 12.8. The number of carbonyl (C=O) groups excluding carboxylic acids is 3. The summed E-state index contributed by atoms with van der Waals surface area (Å²) in [4.78, 5) is 37.9. The van der Waals surface area contributed by atoms with E-state index in [0.717, 1.165) is 77.0 Å². The number of hydrogen-bond acceptors (Lipinski definition) is 6. The molecular weight excluding hydrogens is 745 g/mol. The Kier molecular flexibility index (Phi) is 47.3. The summed E-state index contributed by atoms with van der Waals surface area (Å²) in [5.41, 5.74) is 0. The number of esters is 3. The first-order valence-electron chi connectivity index (χ1n) is 26.0. The molecule has 0 N–H and O–H groups in total. The van der Waals surface area contributed by atoms with Crippen molar-refractivity contribution in [3.8, 4) is 0 Å². The molecular formula is C54H98O6. The summed E-state index contributed by atoms with van der Waals surface area (Å²) in [6.07, 6.45) is 57.0. The quantitative estimate of drug-likeness (QED) is 0.0263. The fraction of sp³-hybridized carbons (Fsp3) is 0.833. The molecule has 350 valence electrons. The lowest BCUT2D eigenvalue weighted by atomic mass is 10.1. The summed E-state index contributed by atoms with van der Waals surface area (Å²) in [6.45, 7) is 6.59. The lowest BCUT2D eigenvalue weighted by Gasteiger charge is -2.18. The van der Waals surface area contributed by atoms with Gasteiger partial charge in [0.15, 0.2) is 6.10 Å². The molecule has 1 atom stereocenters. The van der Waals surface area contributed by atoms with Gasteiger partial charge in [-0.25, -0.2) is 0 Å². The van der Waals surface area contributed by atoms with E-state index in [-0.39, 0.29) is 31.1 Å². The third kappa shape index (κ3) is 46.7. The van der Waals surface area contributed by atoms with Crippen LogP contribution < -0.4 is 0 Å². The number of rotatable bonds is 47. The maximum atomic E-state index is 12.8. The van der Waals surface area contributed by atoms with Crippen molar-refractivity contribution in [1.82, 2.24) is 0 Å². The van der Waals surface area contributed by atoms with Crippen LogP contribution in [0.4, 0.5) is 0 Å². The van der Waals surface area contributed by atoms with Gasteiger partial charge in [-0.05, 0) is 77.0 Å². The minimum absolute atomic E-state index is 0.0740. The molecule has 0 radical (unpaired) electrons. The van der Waals surface area contributed by atoms with Crippen LogP contribution in [0.25, 0.3) is 0 Å². The Hall–Kier alpha value is -2.37. The van der Waals surface area contributed by atoms with Crippen molar-refractivity contribution in [2.45, 2.75) is 277 Å². The van der Waals surface area contributed by atoms with Gasteiger partial charge in [-0.1, -0.05) is 211 Å². The fourth-order valence-electron chi connectivity index (χ4n) is 7.41. The second kappa shape index (κ2) is 49.3. The topological polar surface area (TPSA) is 78.9 Å². The van der Waals surface area contributed by atoms with Crippen LogP contribution in [-0.2, 0) is 28.6 Å². The Morgan fingerprint density at radius 2 is 0.600 bits per heavy atom. The van der Waals surface area contributed by atoms with Gasteiger partial charge in [-0.15, -0.1) is 0 Å². The normalized spacial score (nSPS) is 12.2. The van der Waals surface area contributed by atoms with Crippen LogP contribution in [-0.4, -0.2) is 37.2 Å². The molecule has 6 nitrogen and oxygen atoms in total. The summed E-state index contributed by atoms with van der Waals surface area (Å²) in [5, 5.41) is 0. The molecule has 0 aromatic carbocycles. The van der Waals surface area contributed by atoms with E-state index < -0.39 is 6.10 Å². The van der Waals surface area contributed by atoms with Gasteiger partial charge in [0, 0.05) is 19.3 Å². The highest BCUT2D eigenvalue weighted by Gasteiger charge is 2.19. The van der Waals surface area contributed by atoms with Gasteiger partial charge in [-0.2, -0.15) is 0 Å². The van der Waals surface area contributed by atoms with E-state index >= 15 is 0 Å². The van der Waals surface area contributed by atoms with Gasteiger partial charge in [0.05, 0.1) is 0 Å². The van der Waals surface area contributed by atoms with E-state index in [0.29, 0.717) is 19.3 Å². The second-order valence-electron chi connectivity index (χ2n) is 17.4. The zero-order valence-electron chi connectivity index (χ0n) is 40.0. The standard InChI is InChI=1S/C54H98O6/c1-4-7-10-13-16-19-22-24-25-26-27-28-29-30-33-35-38-41-44-47-53(56)59-50-51(49-58-52(55)46-43-40-37-34-31-21-18-15-12-9-6-3)60-54(57)48-45-42-39-36-32-23-20-17-14-11-8-5-2/h16-17,19-20,24-25,51H,4-15,18,21-23,26-50H2,1-3H3/b19-16-,20-17-,25-24-/t51-/m1/s1. The lowest BCUT2D eigenvalue weighted by molar-refractivity contribution is -0.167. The molecule has 0 saturated heterocycles. The number of ether oxygens (including phenoxy) is 3. The molecule has 0 spiro atoms. The lowest BCUT2D eigenvalue weighted by Crippen LogP contribution is -2.30. The van der Waals surface area contributed by atoms with Gasteiger partial charge in [0.2, 0.25) is 0 Å². The van der Waals surface area contributed by atoms with Crippen LogP contribution in [0, 0.1) is 0 Å². The zero-order chi connectivity index (χ0) is 43.7. The van der Waals surface area contributed by atoms with E-state index in [1.807, 2.05) is 0 Å². The first kappa shape index (κ1) is 57.6. The molecule has 0 aromatic heterocycles. The van der Waals surface area contributed by atoms with E-state index in [9.17, 15) is 14.4 Å². The molecule has 0 aliphatic carbocycles. The van der Waals surface area contributed by atoms with Gasteiger partial charge >= 0.3 is 17.9 Å². The number of hydrogen-bond donors (Lipinski definition) is 0. The van der Waals surface area contributed by atoms with Crippen molar-refractivity contribution in [3.63, 3.8) is 0 Å². The minimum atomic E-state index is -0.773.